The van der Waals surface area contributed by atoms with Crippen LogP contribution in [0.5, 0.6) is 0 Å². The van der Waals surface area contributed by atoms with E-state index in [1.165, 1.54) is 45.6 Å². The summed E-state index contributed by atoms with van der Waals surface area (Å²) in [7, 11) is -3.76. The lowest BCUT2D eigenvalue weighted by molar-refractivity contribution is -0.137. The van der Waals surface area contributed by atoms with Crippen molar-refractivity contribution in [3.63, 3.8) is 0 Å². The Morgan fingerprint density at radius 2 is 1.72 bits per heavy atom. The van der Waals surface area contributed by atoms with Gasteiger partial charge < -0.3 is 10.2 Å². The minimum atomic E-state index is -4.48. The molecule has 0 aliphatic carbocycles. The summed E-state index contributed by atoms with van der Waals surface area (Å²) < 4.78 is 65.5. The van der Waals surface area contributed by atoms with E-state index in [0.29, 0.717) is 11.1 Å². The van der Waals surface area contributed by atoms with Gasteiger partial charge in [-0.05, 0) is 48.9 Å². The van der Waals surface area contributed by atoms with E-state index < -0.39 is 33.8 Å². The molecule has 1 saturated heterocycles. The second-order valence-electron chi connectivity index (χ2n) is 7.32. The first-order chi connectivity index (χ1) is 15.0. The van der Waals surface area contributed by atoms with Crippen molar-refractivity contribution in [2.45, 2.75) is 24.0 Å². The minimum absolute atomic E-state index is 0.0626. The largest absolute Gasteiger partial charge is 0.416 e. The fraction of sp³-hybridized carbons (Fsp3) is 0.333. The smallest absolute Gasteiger partial charge is 0.331 e. The molecule has 0 saturated carbocycles. The van der Waals surface area contributed by atoms with Crippen LogP contribution in [0.3, 0.4) is 0 Å². The maximum Gasteiger partial charge on any atom is 0.416 e. The fourth-order valence-electron chi connectivity index (χ4n) is 3.33. The van der Waals surface area contributed by atoms with Gasteiger partial charge in [-0.1, -0.05) is 12.1 Å². The van der Waals surface area contributed by atoms with Crippen LogP contribution < -0.4 is 5.32 Å². The number of carbonyl (C=O) groups excluding carboxylic acids is 1. The number of benzene rings is 2. The molecule has 32 heavy (non-hydrogen) atoms. The highest BCUT2D eigenvalue weighted by Crippen LogP contribution is 2.30. The highest BCUT2D eigenvalue weighted by atomic mass is 32.2. The summed E-state index contributed by atoms with van der Waals surface area (Å²) in [6.45, 7) is 2.01. The number of amides is 2. The average Bonchev–Trinajstić information content (AvgIpc) is 2.78. The number of nitriles is 1. The van der Waals surface area contributed by atoms with Gasteiger partial charge in [0.25, 0.3) is 0 Å². The molecule has 170 valence electrons. The fourth-order valence-corrected chi connectivity index (χ4v) is 4.75. The van der Waals surface area contributed by atoms with Crippen molar-refractivity contribution in [3.8, 4) is 6.07 Å². The second kappa shape index (κ2) is 9.18. The lowest BCUT2D eigenvalue weighted by Gasteiger charge is -2.34. The molecule has 1 atom stereocenters. The van der Waals surface area contributed by atoms with Crippen LogP contribution in [-0.2, 0) is 16.2 Å². The SMILES string of the molecule is CC(NC(=O)N1CCN(S(=O)(=O)c2ccc(C#N)cc2)CC1)c1cccc(C(F)(F)F)c1. The van der Waals surface area contributed by atoms with E-state index in [9.17, 15) is 26.4 Å². The zero-order chi connectivity index (χ0) is 23.5. The molecule has 2 aromatic carbocycles. The van der Waals surface area contributed by atoms with Crippen LogP contribution in [0.4, 0.5) is 18.0 Å². The van der Waals surface area contributed by atoms with Crippen LogP contribution in [-0.4, -0.2) is 49.8 Å². The molecule has 0 spiro atoms. The Bertz CT molecular complexity index is 1120. The van der Waals surface area contributed by atoms with Gasteiger partial charge in [0.05, 0.1) is 28.1 Å². The van der Waals surface area contributed by atoms with Gasteiger partial charge in [0.2, 0.25) is 10.0 Å². The molecule has 3 rings (SSSR count). The Balaban J connectivity index is 1.60. The van der Waals surface area contributed by atoms with Crippen LogP contribution in [0.25, 0.3) is 0 Å². The molecule has 1 unspecified atom stereocenters. The monoisotopic (exact) mass is 466 g/mol. The summed E-state index contributed by atoms with van der Waals surface area (Å²) >= 11 is 0. The molecule has 11 heteroatoms. The van der Waals surface area contributed by atoms with Crippen LogP contribution >= 0.6 is 0 Å². The van der Waals surface area contributed by atoms with Crippen LogP contribution in [0.15, 0.2) is 53.4 Å². The number of nitrogens with one attached hydrogen (secondary N) is 1. The Morgan fingerprint density at radius 3 is 2.28 bits per heavy atom. The molecule has 1 N–H and O–H groups in total. The number of carbonyl (C=O) groups is 1. The molecule has 1 aliphatic rings. The van der Waals surface area contributed by atoms with Gasteiger partial charge in [0.1, 0.15) is 0 Å². The molecule has 0 aromatic heterocycles. The highest BCUT2D eigenvalue weighted by molar-refractivity contribution is 7.89. The number of nitrogens with zero attached hydrogens (tertiary/aromatic N) is 3. The lowest BCUT2D eigenvalue weighted by atomic mass is 10.1. The summed E-state index contributed by atoms with van der Waals surface area (Å²) in [6.07, 6.45) is -4.48. The van der Waals surface area contributed by atoms with Crippen molar-refractivity contribution in [2.24, 2.45) is 0 Å². The second-order valence-corrected chi connectivity index (χ2v) is 9.26. The van der Waals surface area contributed by atoms with Gasteiger partial charge in [-0.25, -0.2) is 13.2 Å². The van der Waals surface area contributed by atoms with Crippen LogP contribution in [0, 0.1) is 11.3 Å². The number of sulfonamides is 1. The number of piperazine rings is 1. The standard InChI is InChI=1S/C21H21F3N4O3S/c1-15(17-3-2-4-18(13-17)21(22,23)24)26-20(29)27-9-11-28(12-10-27)32(30,31)19-7-5-16(14-25)6-8-19/h2-8,13,15H,9-12H2,1H3,(H,26,29). The molecule has 2 amide bonds. The van der Waals surface area contributed by atoms with E-state index in [1.54, 1.807) is 6.92 Å². The Kier molecular flexibility index (Phi) is 6.76. The Hall–Kier alpha value is -3.10. The van der Waals surface area contributed by atoms with Crippen molar-refractivity contribution >= 4 is 16.1 Å². The number of urea groups is 1. The Labute approximate surface area is 184 Å². The number of halogens is 3. The van der Waals surface area contributed by atoms with Crippen molar-refractivity contribution < 1.29 is 26.4 Å². The number of rotatable bonds is 4. The van der Waals surface area contributed by atoms with Crippen molar-refractivity contribution in [2.75, 3.05) is 26.2 Å². The van der Waals surface area contributed by atoms with E-state index in [2.05, 4.69) is 5.32 Å². The summed E-state index contributed by atoms with van der Waals surface area (Å²) in [6, 6.07) is 11.1. The van der Waals surface area contributed by atoms with Gasteiger partial charge in [-0.15, -0.1) is 0 Å². The topological polar surface area (TPSA) is 93.5 Å². The third-order valence-corrected chi connectivity index (χ3v) is 7.11. The molecular formula is C21H21F3N4O3S. The predicted molar refractivity (Wildman–Crippen MR) is 110 cm³/mol. The third kappa shape index (κ3) is 5.20. The highest BCUT2D eigenvalue weighted by Gasteiger charge is 2.32. The van der Waals surface area contributed by atoms with Gasteiger partial charge in [0, 0.05) is 26.2 Å². The number of hydrogen-bond acceptors (Lipinski definition) is 4. The molecule has 7 nitrogen and oxygen atoms in total. The van der Waals surface area contributed by atoms with Crippen molar-refractivity contribution in [1.29, 1.82) is 5.26 Å². The van der Waals surface area contributed by atoms with Crippen molar-refractivity contribution in [3.05, 3.63) is 65.2 Å². The van der Waals surface area contributed by atoms with Crippen LogP contribution in [0.2, 0.25) is 0 Å². The van der Waals surface area contributed by atoms with E-state index >= 15 is 0 Å². The molecule has 2 aromatic rings. The van der Waals surface area contributed by atoms with E-state index in [-0.39, 0.29) is 31.1 Å². The third-order valence-electron chi connectivity index (χ3n) is 5.20. The summed E-state index contributed by atoms with van der Waals surface area (Å²) in [5.74, 6) is 0. The first-order valence-electron chi connectivity index (χ1n) is 9.75. The van der Waals surface area contributed by atoms with Crippen LogP contribution in [0.1, 0.15) is 29.7 Å². The maximum absolute atomic E-state index is 12.9. The number of alkyl halides is 3. The van der Waals surface area contributed by atoms with E-state index in [1.807, 2.05) is 6.07 Å². The van der Waals surface area contributed by atoms with Gasteiger partial charge in [-0.3, -0.25) is 0 Å². The number of hydrogen-bond donors (Lipinski definition) is 1. The lowest BCUT2D eigenvalue weighted by Crippen LogP contribution is -2.53. The molecule has 0 radical (unpaired) electrons. The normalized spacial score (nSPS) is 16.3. The minimum Gasteiger partial charge on any atom is -0.331 e. The molecule has 0 bridgehead atoms. The average molecular weight is 466 g/mol. The molecule has 1 aliphatic heterocycles. The van der Waals surface area contributed by atoms with Gasteiger partial charge >= 0.3 is 12.2 Å². The predicted octanol–water partition coefficient (Wildman–Crippen LogP) is 3.35. The quantitative estimate of drug-likeness (QED) is 0.748. The Morgan fingerprint density at radius 1 is 1.09 bits per heavy atom. The molecule has 1 heterocycles. The first-order valence-corrected chi connectivity index (χ1v) is 11.2. The summed E-state index contributed by atoms with van der Waals surface area (Å²) in [5, 5.41) is 11.5. The zero-order valence-corrected chi connectivity index (χ0v) is 17.9. The van der Waals surface area contributed by atoms with Gasteiger partial charge in [0.15, 0.2) is 0 Å². The van der Waals surface area contributed by atoms with E-state index in [4.69, 9.17) is 5.26 Å². The van der Waals surface area contributed by atoms with Crippen molar-refractivity contribution in [1.82, 2.24) is 14.5 Å². The first kappa shape index (κ1) is 23.6. The maximum atomic E-state index is 12.9. The summed E-state index contributed by atoms with van der Waals surface area (Å²) in [4.78, 5) is 14.0. The summed E-state index contributed by atoms with van der Waals surface area (Å²) in [5.41, 5.74) is -0.131. The zero-order valence-electron chi connectivity index (χ0n) is 17.1. The van der Waals surface area contributed by atoms with E-state index in [0.717, 1.165) is 12.1 Å². The molecular weight excluding hydrogens is 445 g/mol. The molecule has 1 fully saturated rings. The van der Waals surface area contributed by atoms with Gasteiger partial charge in [-0.2, -0.15) is 22.7 Å².